The number of nitro groups is 1. The van der Waals surface area contributed by atoms with Crippen LogP contribution in [0, 0.1) is 10.1 Å². The first-order valence-corrected chi connectivity index (χ1v) is 8.52. The Bertz CT molecular complexity index is 880. The normalized spacial score (nSPS) is 10.9. The van der Waals surface area contributed by atoms with Gasteiger partial charge in [-0.15, -0.1) is 0 Å². The van der Waals surface area contributed by atoms with E-state index >= 15 is 0 Å². The maximum Gasteiger partial charge on any atom is 0.269 e. The van der Waals surface area contributed by atoms with E-state index in [0.29, 0.717) is 11.3 Å². The highest BCUT2D eigenvalue weighted by molar-refractivity contribution is 7.91. The van der Waals surface area contributed by atoms with Crippen LogP contribution in [0.2, 0.25) is 0 Å². The molecule has 0 unspecified atom stereocenters. The van der Waals surface area contributed by atoms with Crippen molar-refractivity contribution in [1.82, 2.24) is 0 Å². The Kier molecular flexibility index (Phi) is 5.14. The van der Waals surface area contributed by atoms with Crippen LogP contribution in [0.3, 0.4) is 0 Å². The lowest BCUT2D eigenvalue weighted by Crippen LogP contribution is -2.15. The van der Waals surface area contributed by atoms with Crippen molar-refractivity contribution in [3.8, 4) is 0 Å². The lowest BCUT2D eigenvalue weighted by Gasteiger charge is -2.10. The minimum atomic E-state index is -3.76. The fourth-order valence-corrected chi connectivity index (χ4v) is 3.24. The number of carbonyl (C=O) groups excluding carboxylic acids is 1. The van der Waals surface area contributed by atoms with Gasteiger partial charge in [-0.2, -0.15) is 0 Å². The Hall–Kier alpha value is -2.94. The van der Waals surface area contributed by atoms with Gasteiger partial charge in [-0.05, 0) is 23.8 Å². The number of carbonyl (C=O) groups is 1. The van der Waals surface area contributed by atoms with Crippen molar-refractivity contribution in [3.05, 3.63) is 64.2 Å². The Morgan fingerprint density at radius 2 is 1.79 bits per heavy atom. The summed E-state index contributed by atoms with van der Waals surface area (Å²) in [5.41, 5.74) is 0.870. The Labute approximate surface area is 138 Å². The largest absolute Gasteiger partial charge is 0.326 e. The fraction of sp³-hybridized carbons (Fsp3) is 0.133. The van der Waals surface area contributed by atoms with E-state index < -0.39 is 20.7 Å². The second-order valence-electron chi connectivity index (χ2n) is 5.05. The average molecular weight is 349 g/mol. The molecule has 0 aromatic heterocycles. The van der Waals surface area contributed by atoms with E-state index in [0.717, 1.165) is 0 Å². The van der Waals surface area contributed by atoms with Gasteiger partial charge in [-0.25, -0.2) is 8.42 Å². The molecule has 0 saturated carbocycles. The summed E-state index contributed by atoms with van der Waals surface area (Å²) < 4.78 is 26.8. The van der Waals surface area contributed by atoms with Gasteiger partial charge in [0.2, 0.25) is 15.9 Å². The zero-order valence-corrected chi connectivity index (χ0v) is 13.5. The smallest absolute Gasteiger partial charge is 0.269 e. The van der Waals surface area contributed by atoms with Crippen molar-refractivity contribution in [2.24, 2.45) is 0 Å². The van der Waals surface area contributed by atoms with Gasteiger partial charge in [0.05, 0.1) is 16.4 Å². The number of nitrogens with one attached hydrogen (secondary N) is 2. The summed E-state index contributed by atoms with van der Waals surface area (Å²) >= 11 is 0. The molecule has 1 amide bonds. The van der Waals surface area contributed by atoms with Crippen LogP contribution in [0.4, 0.5) is 17.1 Å². The number of amides is 1. The molecule has 0 aliphatic rings. The minimum absolute atomic E-state index is 0.171. The monoisotopic (exact) mass is 349 g/mol. The van der Waals surface area contributed by atoms with Gasteiger partial charge in [-0.1, -0.05) is 18.2 Å². The van der Waals surface area contributed by atoms with Crippen LogP contribution in [-0.2, 0) is 20.6 Å². The molecule has 0 radical (unpaired) electrons. The molecule has 2 aromatic rings. The summed E-state index contributed by atoms with van der Waals surface area (Å²) in [6, 6.07) is 11.7. The highest BCUT2D eigenvalue weighted by Crippen LogP contribution is 2.19. The number of hydrogen-bond donors (Lipinski definition) is 2. The van der Waals surface area contributed by atoms with E-state index in [4.69, 9.17) is 0 Å². The number of nitrogens with zero attached hydrogens (tertiary/aromatic N) is 1. The number of benzene rings is 2. The quantitative estimate of drug-likeness (QED) is 0.613. The Balaban J connectivity index is 2.15. The number of non-ortho nitro benzene ring substituents is 1. The fourth-order valence-electron chi connectivity index (χ4n) is 2.06. The van der Waals surface area contributed by atoms with E-state index in [1.54, 1.807) is 12.1 Å². The van der Waals surface area contributed by atoms with Gasteiger partial charge >= 0.3 is 0 Å². The zero-order chi connectivity index (χ0) is 17.7. The van der Waals surface area contributed by atoms with Crippen molar-refractivity contribution < 1.29 is 18.1 Å². The van der Waals surface area contributed by atoms with Crippen molar-refractivity contribution in [2.45, 2.75) is 12.7 Å². The molecule has 0 fully saturated rings. The van der Waals surface area contributed by atoms with Gasteiger partial charge in [0, 0.05) is 24.7 Å². The molecule has 126 valence electrons. The van der Waals surface area contributed by atoms with Gasteiger partial charge in [0.25, 0.3) is 5.69 Å². The van der Waals surface area contributed by atoms with Gasteiger partial charge in [0.15, 0.2) is 0 Å². The maximum atomic E-state index is 12.2. The summed E-state index contributed by atoms with van der Waals surface area (Å²) in [5, 5.41) is 13.3. The van der Waals surface area contributed by atoms with Gasteiger partial charge in [-0.3, -0.25) is 19.6 Å². The molecule has 0 spiro atoms. The second-order valence-corrected chi connectivity index (χ2v) is 6.77. The molecular weight excluding hydrogens is 334 g/mol. The topological polar surface area (TPSA) is 118 Å². The molecule has 9 heteroatoms. The standard InChI is InChI=1S/C15H15N3O5S/c1-11(19)16-13-5-3-6-14(9-13)17-24(22,23)10-12-4-2-7-15(8-12)18(20)21/h2-9,17H,10H2,1H3,(H,16,19). The highest BCUT2D eigenvalue weighted by atomic mass is 32.2. The van der Waals surface area contributed by atoms with Crippen molar-refractivity contribution >= 4 is 33.0 Å². The van der Waals surface area contributed by atoms with Crippen molar-refractivity contribution in [1.29, 1.82) is 0 Å². The number of hydrogen-bond acceptors (Lipinski definition) is 5. The number of sulfonamides is 1. The molecular formula is C15H15N3O5S. The number of anilines is 2. The SMILES string of the molecule is CC(=O)Nc1cccc(NS(=O)(=O)Cc2cccc([N+](=O)[O-])c2)c1. The van der Waals surface area contributed by atoms with Crippen molar-refractivity contribution in [2.75, 3.05) is 10.0 Å². The molecule has 0 aliphatic carbocycles. The van der Waals surface area contributed by atoms with Crippen LogP contribution < -0.4 is 10.0 Å². The summed E-state index contributed by atoms with van der Waals surface area (Å²) in [6.45, 7) is 1.35. The van der Waals surface area contributed by atoms with Crippen LogP contribution in [0.15, 0.2) is 48.5 Å². The molecule has 0 saturated heterocycles. The van der Waals surface area contributed by atoms with Crippen LogP contribution in [0.25, 0.3) is 0 Å². The van der Waals surface area contributed by atoms with E-state index in [2.05, 4.69) is 10.0 Å². The molecule has 0 aliphatic heterocycles. The van der Waals surface area contributed by atoms with Crippen LogP contribution in [-0.4, -0.2) is 19.2 Å². The Morgan fingerprint density at radius 3 is 2.46 bits per heavy atom. The van der Waals surface area contributed by atoms with Crippen molar-refractivity contribution in [3.63, 3.8) is 0 Å². The van der Waals surface area contributed by atoms with E-state index in [1.165, 1.54) is 43.3 Å². The third-order valence-electron chi connectivity index (χ3n) is 2.93. The maximum absolute atomic E-state index is 12.2. The first kappa shape index (κ1) is 17.4. The van der Waals surface area contributed by atoms with Crippen LogP contribution in [0.5, 0.6) is 0 Å². The molecule has 2 rings (SSSR count). The number of nitro benzene ring substituents is 1. The van der Waals surface area contributed by atoms with Gasteiger partial charge in [0.1, 0.15) is 0 Å². The highest BCUT2D eigenvalue weighted by Gasteiger charge is 2.14. The van der Waals surface area contributed by atoms with Crippen LogP contribution in [0.1, 0.15) is 12.5 Å². The minimum Gasteiger partial charge on any atom is -0.326 e. The first-order chi connectivity index (χ1) is 11.2. The third-order valence-corrected chi connectivity index (χ3v) is 4.19. The molecule has 0 heterocycles. The number of rotatable bonds is 6. The van der Waals surface area contributed by atoms with E-state index in [1.807, 2.05) is 0 Å². The van der Waals surface area contributed by atoms with Gasteiger partial charge < -0.3 is 5.32 Å². The molecule has 0 bridgehead atoms. The van der Waals surface area contributed by atoms with E-state index in [9.17, 15) is 23.3 Å². The summed E-state index contributed by atoms with van der Waals surface area (Å²) in [4.78, 5) is 21.2. The predicted molar refractivity (Wildman–Crippen MR) is 90.1 cm³/mol. The first-order valence-electron chi connectivity index (χ1n) is 6.87. The summed E-state index contributed by atoms with van der Waals surface area (Å²) in [5.74, 6) is -0.675. The predicted octanol–water partition coefficient (Wildman–Crippen LogP) is 2.50. The molecule has 2 aromatic carbocycles. The lowest BCUT2D eigenvalue weighted by atomic mass is 10.2. The Morgan fingerprint density at radius 1 is 1.12 bits per heavy atom. The third kappa shape index (κ3) is 5.06. The molecule has 0 atom stereocenters. The van der Waals surface area contributed by atoms with Crippen LogP contribution >= 0.6 is 0 Å². The second kappa shape index (κ2) is 7.09. The lowest BCUT2D eigenvalue weighted by molar-refractivity contribution is -0.384. The van der Waals surface area contributed by atoms with E-state index in [-0.39, 0.29) is 17.3 Å². The summed E-state index contributed by atoms with van der Waals surface area (Å²) in [7, 11) is -3.76. The molecule has 24 heavy (non-hydrogen) atoms. The summed E-state index contributed by atoms with van der Waals surface area (Å²) in [6.07, 6.45) is 0. The molecule has 2 N–H and O–H groups in total. The average Bonchev–Trinajstić information content (AvgIpc) is 2.46. The zero-order valence-electron chi connectivity index (χ0n) is 12.7. The molecule has 8 nitrogen and oxygen atoms in total.